The minimum Gasteiger partial charge on any atom is -0.261 e. The fourth-order valence-electron chi connectivity index (χ4n) is 1.17. The van der Waals surface area contributed by atoms with Gasteiger partial charge in [0.15, 0.2) is 11.5 Å². The third-order valence-corrected chi connectivity index (χ3v) is 5.09. The van der Waals surface area contributed by atoms with Crippen molar-refractivity contribution in [1.29, 1.82) is 0 Å². The van der Waals surface area contributed by atoms with E-state index in [-0.39, 0.29) is 14.4 Å². The topological polar surface area (TPSA) is 72.0 Å². The van der Waals surface area contributed by atoms with Gasteiger partial charge in [-0.1, -0.05) is 11.6 Å². The van der Waals surface area contributed by atoms with Crippen LogP contribution in [0.4, 0.5) is 19.0 Å². The average molecular weight is 344 g/mol. The normalized spacial score (nSPS) is 12.4. The maximum absolute atomic E-state index is 12.3. The summed E-state index contributed by atoms with van der Waals surface area (Å²) in [5.74, 6) is -0.317. The van der Waals surface area contributed by atoms with E-state index in [0.717, 1.165) is 17.4 Å². The van der Waals surface area contributed by atoms with Crippen molar-refractivity contribution in [1.82, 2.24) is 10.2 Å². The SMILES string of the molecule is O=S(=O)(Nc1ccc(C(F)(F)F)nn1)c1ccc(Cl)s1. The van der Waals surface area contributed by atoms with E-state index in [4.69, 9.17) is 11.6 Å². The highest BCUT2D eigenvalue weighted by molar-refractivity contribution is 7.94. The van der Waals surface area contributed by atoms with Crippen LogP contribution in [0.25, 0.3) is 0 Å². The third-order valence-electron chi connectivity index (χ3n) is 2.01. The van der Waals surface area contributed by atoms with Gasteiger partial charge in [-0.25, -0.2) is 8.42 Å². The van der Waals surface area contributed by atoms with Crippen molar-refractivity contribution in [3.05, 3.63) is 34.3 Å². The van der Waals surface area contributed by atoms with Crippen LogP contribution in [0.3, 0.4) is 0 Å². The monoisotopic (exact) mass is 343 g/mol. The summed E-state index contributed by atoms with van der Waals surface area (Å²) in [7, 11) is -3.94. The van der Waals surface area contributed by atoms with Crippen molar-refractivity contribution in [3.8, 4) is 0 Å². The molecule has 11 heteroatoms. The lowest BCUT2D eigenvalue weighted by Gasteiger charge is -2.07. The molecule has 0 aliphatic rings. The van der Waals surface area contributed by atoms with Crippen LogP contribution in [0.15, 0.2) is 28.5 Å². The Morgan fingerprint density at radius 3 is 2.30 bits per heavy atom. The number of nitrogens with zero attached hydrogens (tertiary/aromatic N) is 2. The van der Waals surface area contributed by atoms with Crippen molar-refractivity contribution in [2.75, 3.05) is 4.72 Å². The Morgan fingerprint density at radius 2 is 1.85 bits per heavy atom. The largest absolute Gasteiger partial charge is 0.435 e. The number of halogens is 4. The van der Waals surface area contributed by atoms with Gasteiger partial charge in [-0.15, -0.1) is 21.5 Å². The average Bonchev–Trinajstić information content (AvgIpc) is 2.76. The van der Waals surface area contributed by atoms with Gasteiger partial charge < -0.3 is 0 Å². The summed E-state index contributed by atoms with van der Waals surface area (Å²) in [6, 6.07) is 4.17. The molecule has 2 aromatic rings. The number of sulfonamides is 1. The van der Waals surface area contributed by atoms with Gasteiger partial charge in [0.25, 0.3) is 10.0 Å². The molecule has 0 radical (unpaired) electrons. The fourth-order valence-corrected chi connectivity index (χ4v) is 3.65. The molecule has 2 aromatic heterocycles. The summed E-state index contributed by atoms with van der Waals surface area (Å²) in [6.07, 6.45) is -4.63. The third kappa shape index (κ3) is 3.38. The van der Waals surface area contributed by atoms with E-state index < -0.39 is 21.9 Å². The zero-order chi connectivity index (χ0) is 15.0. The van der Waals surface area contributed by atoms with Gasteiger partial charge in [0.2, 0.25) is 0 Å². The van der Waals surface area contributed by atoms with Crippen molar-refractivity contribution in [2.45, 2.75) is 10.4 Å². The van der Waals surface area contributed by atoms with E-state index in [9.17, 15) is 21.6 Å². The molecule has 20 heavy (non-hydrogen) atoms. The minimum absolute atomic E-state index is 0.0794. The number of thiophene rings is 1. The lowest BCUT2D eigenvalue weighted by molar-refractivity contribution is -0.141. The molecule has 5 nitrogen and oxygen atoms in total. The van der Waals surface area contributed by atoms with Gasteiger partial charge in [0, 0.05) is 0 Å². The smallest absolute Gasteiger partial charge is 0.261 e. The molecule has 0 bridgehead atoms. The molecule has 0 amide bonds. The predicted octanol–water partition coefficient (Wildman–Crippen LogP) is 3.01. The fraction of sp³-hybridized carbons (Fsp3) is 0.111. The minimum atomic E-state index is -4.63. The van der Waals surface area contributed by atoms with E-state index in [1.165, 1.54) is 12.1 Å². The summed E-state index contributed by atoms with van der Waals surface area (Å²) >= 11 is 6.42. The lowest BCUT2D eigenvalue weighted by atomic mass is 10.4. The number of rotatable bonds is 3. The van der Waals surface area contributed by atoms with Crippen molar-refractivity contribution < 1.29 is 21.6 Å². The van der Waals surface area contributed by atoms with Crippen molar-refractivity contribution >= 4 is 38.8 Å². The molecule has 0 aliphatic carbocycles. The molecular formula is C9H5ClF3N3O2S2. The van der Waals surface area contributed by atoms with E-state index in [1.807, 2.05) is 4.72 Å². The summed E-state index contributed by atoms with van der Waals surface area (Å²) in [5.41, 5.74) is -1.21. The van der Waals surface area contributed by atoms with Gasteiger partial charge in [-0.2, -0.15) is 13.2 Å². The summed E-state index contributed by atoms with van der Waals surface area (Å²) in [6.45, 7) is 0. The zero-order valence-electron chi connectivity index (χ0n) is 9.35. The van der Waals surface area contributed by atoms with Gasteiger partial charge in [-0.05, 0) is 24.3 Å². The van der Waals surface area contributed by atoms with Crippen LogP contribution in [0, 0.1) is 0 Å². The Balaban J connectivity index is 2.22. The number of alkyl halides is 3. The summed E-state index contributed by atoms with van der Waals surface area (Å²) < 4.78 is 62.7. The van der Waals surface area contributed by atoms with E-state index in [0.29, 0.717) is 6.07 Å². The summed E-state index contributed by atoms with van der Waals surface area (Å²) in [5, 5.41) is 6.08. The number of hydrogen-bond donors (Lipinski definition) is 1. The van der Waals surface area contributed by atoms with Gasteiger partial charge >= 0.3 is 6.18 Å². The molecule has 0 saturated heterocycles. The molecule has 0 unspecified atom stereocenters. The van der Waals surface area contributed by atoms with Gasteiger partial charge in [0.1, 0.15) is 4.21 Å². The Labute approximate surface area is 120 Å². The number of aromatic nitrogens is 2. The molecule has 0 aliphatic heterocycles. The van der Waals surface area contributed by atoms with E-state index in [1.54, 1.807) is 0 Å². The maximum atomic E-state index is 12.3. The molecule has 0 spiro atoms. The van der Waals surface area contributed by atoms with Crippen molar-refractivity contribution in [3.63, 3.8) is 0 Å². The number of anilines is 1. The molecular weight excluding hydrogens is 339 g/mol. The Kier molecular flexibility index (Phi) is 3.89. The Hall–Kier alpha value is -1.39. The van der Waals surface area contributed by atoms with Crippen LogP contribution in [0.1, 0.15) is 5.69 Å². The molecule has 0 saturated carbocycles. The number of hydrogen-bond acceptors (Lipinski definition) is 5. The lowest BCUT2D eigenvalue weighted by Crippen LogP contribution is -2.15. The Morgan fingerprint density at radius 1 is 1.15 bits per heavy atom. The van der Waals surface area contributed by atoms with Crippen LogP contribution < -0.4 is 4.72 Å². The van der Waals surface area contributed by atoms with E-state index in [2.05, 4.69) is 10.2 Å². The quantitative estimate of drug-likeness (QED) is 0.929. The first kappa shape index (κ1) is 15.0. The molecule has 0 aromatic carbocycles. The van der Waals surface area contributed by atoms with E-state index >= 15 is 0 Å². The highest BCUT2D eigenvalue weighted by atomic mass is 35.5. The van der Waals surface area contributed by atoms with Crippen LogP contribution in [0.5, 0.6) is 0 Å². The maximum Gasteiger partial charge on any atom is 0.435 e. The Bertz CT molecular complexity index is 713. The van der Waals surface area contributed by atoms with Crippen LogP contribution in [-0.2, 0) is 16.2 Å². The van der Waals surface area contributed by atoms with Gasteiger partial charge in [-0.3, -0.25) is 4.72 Å². The first-order valence-electron chi connectivity index (χ1n) is 4.87. The molecule has 2 heterocycles. The second-order valence-electron chi connectivity index (χ2n) is 3.47. The van der Waals surface area contributed by atoms with Crippen molar-refractivity contribution in [2.24, 2.45) is 0 Å². The van der Waals surface area contributed by atoms with Crippen LogP contribution in [-0.4, -0.2) is 18.6 Å². The highest BCUT2D eigenvalue weighted by Crippen LogP contribution is 2.28. The predicted molar refractivity (Wildman–Crippen MR) is 67.2 cm³/mol. The highest BCUT2D eigenvalue weighted by Gasteiger charge is 2.33. The first-order chi connectivity index (χ1) is 9.18. The summed E-state index contributed by atoms with van der Waals surface area (Å²) in [4.78, 5) is 0. The molecule has 1 N–H and O–H groups in total. The molecule has 2 rings (SSSR count). The standard InChI is InChI=1S/C9H5ClF3N3O2S2/c10-6-2-4-8(19-6)20(17,18)16-7-3-1-5(14-15-7)9(11,12)13/h1-4H,(H,15,16). The second kappa shape index (κ2) is 5.19. The first-order valence-corrected chi connectivity index (χ1v) is 7.55. The molecule has 0 atom stereocenters. The zero-order valence-corrected chi connectivity index (χ0v) is 11.7. The number of nitrogens with one attached hydrogen (secondary N) is 1. The van der Waals surface area contributed by atoms with Crippen LogP contribution >= 0.6 is 22.9 Å². The molecule has 108 valence electrons. The van der Waals surface area contributed by atoms with Crippen LogP contribution in [0.2, 0.25) is 4.34 Å². The second-order valence-corrected chi connectivity index (χ2v) is 7.09. The molecule has 0 fully saturated rings. The van der Waals surface area contributed by atoms with Gasteiger partial charge in [0.05, 0.1) is 4.34 Å².